The lowest BCUT2D eigenvalue weighted by atomic mass is 10.3. The molecule has 8 heteroatoms. The monoisotopic (exact) mass is 276 g/mol. The third kappa shape index (κ3) is 2.83. The van der Waals surface area contributed by atoms with Crippen molar-refractivity contribution in [3.05, 3.63) is 34.6 Å². The second-order valence-corrected chi connectivity index (χ2v) is 3.64. The van der Waals surface area contributed by atoms with Crippen molar-refractivity contribution < 1.29 is 22.3 Å². The Kier molecular flexibility index (Phi) is 3.68. The second-order valence-electron chi connectivity index (χ2n) is 3.64. The molecule has 0 aliphatic carbocycles. The molecule has 2 unspecified atom stereocenters. The molecule has 0 spiro atoms. The summed E-state index contributed by atoms with van der Waals surface area (Å²) in [6, 6.07) is 6.26. The van der Waals surface area contributed by atoms with Crippen LogP contribution in [-0.2, 0) is 0 Å². The first-order chi connectivity index (χ1) is 8.99. The van der Waals surface area contributed by atoms with Crippen LogP contribution in [-0.4, -0.2) is 28.9 Å². The zero-order valence-electron chi connectivity index (χ0n) is 9.32. The van der Waals surface area contributed by atoms with E-state index in [1.807, 2.05) is 0 Å². The molecule has 0 radical (unpaired) electrons. The molecule has 102 valence electrons. The zero-order valence-corrected chi connectivity index (χ0v) is 9.32. The average Bonchev–Trinajstić information content (AvgIpc) is 2.38. The van der Waals surface area contributed by atoms with E-state index < -0.39 is 30.4 Å². The van der Waals surface area contributed by atoms with Crippen LogP contribution in [0.3, 0.4) is 0 Å². The lowest BCUT2D eigenvalue weighted by Gasteiger charge is -2.13. The number of nitrogens with zero attached hydrogens (tertiary/aromatic N) is 1. The van der Waals surface area contributed by atoms with Crippen molar-refractivity contribution in [2.24, 2.45) is 0 Å². The van der Waals surface area contributed by atoms with Crippen LogP contribution in [0.4, 0.5) is 17.6 Å². The zero-order chi connectivity index (χ0) is 14.0. The van der Waals surface area contributed by atoms with Crippen molar-refractivity contribution in [2.75, 3.05) is 0 Å². The van der Waals surface area contributed by atoms with E-state index in [0.29, 0.717) is 5.52 Å². The Morgan fingerprint density at radius 3 is 2.53 bits per heavy atom. The van der Waals surface area contributed by atoms with Crippen molar-refractivity contribution in [2.45, 2.75) is 19.0 Å². The molecule has 0 saturated heterocycles. The number of rotatable bonds is 4. The predicted molar refractivity (Wildman–Crippen MR) is 58.8 cm³/mol. The molecule has 2 rings (SSSR count). The molecule has 2 atom stereocenters. The molecule has 1 heterocycles. The summed E-state index contributed by atoms with van der Waals surface area (Å²) in [6.07, 6.45) is -9.66. The number of nitrogens with one attached hydrogen (secondary N) is 1. The number of hydrogen-bond donors (Lipinski definition) is 1. The molecule has 19 heavy (non-hydrogen) atoms. The molecular weight excluding hydrogens is 268 g/mol. The van der Waals surface area contributed by atoms with Crippen LogP contribution < -0.4 is 10.3 Å². The molecule has 1 aromatic heterocycles. The first-order valence-electron chi connectivity index (χ1n) is 5.21. The number of benzene rings is 1. The van der Waals surface area contributed by atoms with Gasteiger partial charge < -0.3 is 9.72 Å². The van der Waals surface area contributed by atoms with E-state index in [1.54, 1.807) is 12.1 Å². The molecule has 0 aliphatic rings. The van der Waals surface area contributed by atoms with Crippen LogP contribution in [0.25, 0.3) is 11.0 Å². The van der Waals surface area contributed by atoms with Gasteiger partial charge in [0, 0.05) is 0 Å². The van der Waals surface area contributed by atoms with Crippen LogP contribution in [0.15, 0.2) is 29.1 Å². The summed E-state index contributed by atoms with van der Waals surface area (Å²) in [5, 5.41) is 0. The Hall–Kier alpha value is -2.12. The Morgan fingerprint density at radius 2 is 1.84 bits per heavy atom. The van der Waals surface area contributed by atoms with Gasteiger partial charge in [-0.1, -0.05) is 12.1 Å². The van der Waals surface area contributed by atoms with E-state index in [0.717, 1.165) is 0 Å². The molecule has 0 saturated carbocycles. The Bertz CT molecular complexity index is 631. The second kappa shape index (κ2) is 5.25. The molecule has 4 nitrogen and oxygen atoms in total. The highest BCUT2D eigenvalue weighted by Crippen LogP contribution is 2.16. The van der Waals surface area contributed by atoms with Gasteiger partial charge in [0.1, 0.15) is 0 Å². The summed E-state index contributed by atoms with van der Waals surface area (Å²) in [5.41, 5.74) is -0.305. The summed E-state index contributed by atoms with van der Waals surface area (Å²) >= 11 is 0. The fourth-order valence-electron chi connectivity index (χ4n) is 1.38. The fourth-order valence-corrected chi connectivity index (χ4v) is 1.38. The highest BCUT2D eigenvalue weighted by molar-refractivity contribution is 5.73. The number of alkyl halides is 4. The van der Waals surface area contributed by atoms with Crippen molar-refractivity contribution in [1.29, 1.82) is 0 Å². The standard InChI is InChI=1S/C11H8F4N2O2/c12-7(8(13)14)9(15)19-11-10(18)16-5-3-1-2-4-6(5)17-11/h1-4,7-9H,(H,16,18). The molecule has 0 amide bonds. The average molecular weight is 276 g/mol. The minimum absolute atomic E-state index is 0.261. The lowest BCUT2D eigenvalue weighted by molar-refractivity contribution is -0.0771. The molecule has 1 aromatic carbocycles. The van der Waals surface area contributed by atoms with Gasteiger partial charge in [0.2, 0.25) is 6.17 Å². The Morgan fingerprint density at radius 1 is 1.16 bits per heavy atom. The van der Waals surface area contributed by atoms with Crippen molar-refractivity contribution >= 4 is 11.0 Å². The van der Waals surface area contributed by atoms with E-state index in [1.165, 1.54) is 12.1 Å². The quantitative estimate of drug-likeness (QED) is 0.871. The number of halogens is 4. The summed E-state index contributed by atoms with van der Waals surface area (Å²) in [6.45, 7) is 0. The van der Waals surface area contributed by atoms with Crippen LogP contribution in [0.5, 0.6) is 5.88 Å². The van der Waals surface area contributed by atoms with Gasteiger partial charge in [-0.2, -0.15) is 4.39 Å². The van der Waals surface area contributed by atoms with E-state index in [9.17, 15) is 22.4 Å². The maximum Gasteiger partial charge on any atom is 0.311 e. The summed E-state index contributed by atoms with van der Waals surface area (Å²) < 4.78 is 53.8. The van der Waals surface area contributed by atoms with Crippen molar-refractivity contribution in [3.63, 3.8) is 0 Å². The smallest absolute Gasteiger partial charge is 0.311 e. The van der Waals surface area contributed by atoms with Crippen LogP contribution in [0.2, 0.25) is 0 Å². The summed E-state index contributed by atoms with van der Waals surface area (Å²) in [5.74, 6) is -0.797. The molecule has 1 N–H and O–H groups in total. The third-order valence-electron chi connectivity index (χ3n) is 2.28. The highest BCUT2D eigenvalue weighted by Gasteiger charge is 2.32. The van der Waals surface area contributed by atoms with Crippen LogP contribution >= 0.6 is 0 Å². The number of fused-ring (bicyclic) bond motifs is 1. The SMILES string of the molecule is O=c1[nH]c2ccccc2nc1OC(F)C(F)C(F)F. The van der Waals surface area contributed by atoms with Crippen LogP contribution in [0.1, 0.15) is 0 Å². The Labute approximate surface area is 104 Å². The minimum Gasteiger partial charge on any atom is -0.436 e. The molecule has 2 aromatic rings. The maximum absolute atomic E-state index is 13.0. The molecule has 0 bridgehead atoms. The normalized spacial score (nSPS) is 14.6. The molecule has 0 aliphatic heterocycles. The van der Waals surface area contributed by atoms with E-state index in [4.69, 9.17) is 0 Å². The molecular formula is C11H8F4N2O2. The maximum atomic E-state index is 13.0. The van der Waals surface area contributed by atoms with Crippen molar-refractivity contribution in [1.82, 2.24) is 9.97 Å². The van der Waals surface area contributed by atoms with Crippen LogP contribution in [0, 0.1) is 0 Å². The highest BCUT2D eigenvalue weighted by atomic mass is 19.3. The van der Waals surface area contributed by atoms with Gasteiger partial charge in [0.15, 0.2) is 0 Å². The number of H-pyrrole nitrogens is 1. The number of aromatic nitrogens is 2. The largest absolute Gasteiger partial charge is 0.436 e. The summed E-state index contributed by atoms with van der Waals surface area (Å²) in [4.78, 5) is 17.4. The minimum atomic E-state index is -3.55. The first kappa shape index (κ1) is 13.3. The number of ether oxygens (including phenoxy) is 1. The summed E-state index contributed by atoms with van der Waals surface area (Å²) in [7, 11) is 0. The number of para-hydroxylation sites is 2. The first-order valence-corrected chi connectivity index (χ1v) is 5.21. The van der Waals surface area contributed by atoms with Gasteiger partial charge >= 0.3 is 5.56 Å². The lowest BCUT2D eigenvalue weighted by Crippen LogP contribution is -2.32. The van der Waals surface area contributed by atoms with Gasteiger partial charge in [-0.3, -0.25) is 4.79 Å². The van der Waals surface area contributed by atoms with Gasteiger partial charge in [0.25, 0.3) is 18.7 Å². The Balaban J connectivity index is 2.30. The number of aromatic amines is 1. The van der Waals surface area contributed by atoms with E-state index >= 15 is 0 Å². The predicted octanol–water partition coefficient (Wildman–Crippen LogP) is 2.20. The topological polar surface area (TPSA) is 55.0 Å². The van der Waals surface area contributed by atoms with E-state index in [-0.39, 0.29) is 5.52 Å². The fraction of sp³-hybridized carbons (Fsp3) is 0.273. The van der Waals surface area contributed by atoms with Gasteiger partial charge in [-0.25, -0.2) is 18.2 Å². The number of hydrogen-bond acceptors (Lipinski definition) is 3. The third-order valence-corrected chi connectivity index (χ3v) is 2.28. The van der Waals surface area contributed by atoms with Gasteiger partial charge in [-0.05, 0) is 12.1 Å². The van der Waals surface area contributed by atoms with Gasteiger partial charge in [0.05, 0.1) is 11.0 Å². The van der Waals surface area contributed by atoms with Crippen molar-refractivity contribution in [3.8, 4) is 5.88 Å². The molecule has 0 fully saturated rings. The van der Waals surface area contributed by atoms with Gasteiger partial charge in [-0.15, -0.1) is 0 Å². The van der Waals surface area contributed by atoms with E-state index in [2.05, 4.69) is 14.7 Å².